The number of carbonyl (C=O) groups is 1. The van der Waals surface area contributed by atoms with E-state index in [4.69, 9.17) is 9.47 Å². The van der Waals surface area contributed by atoms with E-state index < -0.39 is 0 Å². The van der Waals surface area contributed by atoms with Crippen molar-refractivity contribution in [3.05, 3.63) is 35.4 Å². The molecule has 1 aliphatic rings. The van der Waals surface area contributed by atoms with Gasteiger partial charge in [-0.15, -0.1) is 0 Å². The van der Waals surface area contributed by atoms with Gasteiger partial charge in [-0.1, -0.05) is 31.4 Å². The molecule has 0 radical (unpaired) electrons. The molecule has 0 aromatic heterocycles. The number of carbonyl (C=O) groups excluding carboxylic acids is 1. The number of methoxy groups -OCH3 is 2. The Labute approximate surface area is 146 Å². The second kappa shape index (κ2) is 10.5. The molecule has 0 N–H and O–H groups in total. The van der Waals surface area contributed by atoms with Crippen molar-refractivity contribution >= 4 is 5.91 Å². The van der Waals surface area contributed by atoms with Gasteiger partial charge in [0.2, 0.25) is 0 Å². The van der Waals surface area contributed by atoms with Gasteiger partial charge in [-0.25, -0.2) is 0 Å². The second-order valence-electron chi connectivity index (χ2n) is 6.59. The van der Waals surface area contributed by atoms with Gasteiger partial charge in [-0.05, 0) is 42.9 Å². The summed E-state index contributed by atoms with van der Waals surface area (Å²) >= 11 is 0. The van der Waals surface area contributed by atoms with E-state index in [1.807, 2.05) is 17.0 Å². The van der Waals surface area contributed by atoms with Gasteiger partial charge in [0.25, 0.3) is 5.91 Å². The highest BCUT2D eigenvalue weighted by Gasteiger charge is 2.18. The molecular weight excluding hydrogens is 302 g/mol. The quantitative estimate of drug-likeness (QED) is 0.644. The molecule has 1 saturated carbocycles. The largest absolute Gasteiger partial charge is 0.385 e. The van der Waals surface area contributed by atoms with Gasteiger partial charge in [0.1, 0.15) is 0 Å². The van der Waals surface area contributed by atoms with Crippen LogP contribution in [0.15, 0.2) is 24.3 Å². The van der Waals surface area contributed by atoms with Crippen molar-refractivity contribution in [2.75, 3.05) is 40.5 Å². The number of amides is 1. The summed E-state index contributed by atoms with van der Waals surface area (Å²) in [6.07, 6.45) is 7.43. The predicted molar refractivity (Wildman–Crippen MR) is 96.5 cm³/mol. The Balaban J connectivity index is 1.99. The van der Waals surface area contributed by atoms with Crippen LogP contribution in [-0.2, 0) is 9.47 Å². The highest BCUT2D eigenvalue weighted by atomic mass is 16.5. The summed E-state index contributed by atoms with van der Waals surface area (Å²) in [5, 5.41) is 0. The van der Waals surface area contributed by atoms with Gasteiger partial charge < -0.3 is 14.4 Å². The first-order valence-electron chi connectivity index (χ1n) is 9.13. The first-order valence-corrected chi connectivity index (χ1v) is 9.13. The number of benzene rings is 1. The maximum absolute atomic E-state index is 12.8. The third-order valence-electron chi connectivity index (χ3n) is 4.86. The summed E-state index contributed by atoms with van der Waals surface area (Å²) in [5.74, 6) is 0.757. The molecule has 0 heterocycles. The van der Waals surface area contributed by atoms with Gasteiger partial charge in [0, 0.05) is 39.5 Å². The van der Waals surface area contributed by atoms with E-state index in [-0.39, 0.29) is 5.91 Å². The van der Waals surface area contributed by atoms with E-state index in [1.54, 1.807) is 14.2 Å². The van der Waals surface area contributed by atoms with Crippen LogP contribution in [-0.4, -0.2) is 51.3 Å². The highest BCUT2D eigenvalue weighted by Crippen LogP contribution is 2.32. The predicted octanol–water partition coefficient (Wildman–Crippen LogP) is 3.86. The van der Waals surface area contributed by atoms with Crippen LogP contribution in [0, 0.1) is 0 Å². The second-order valence-corrected chi connectivity index (χ2v) is 6.59. The molecule has 0 saturated heterocycles. The molecule has 0 unspecified atom stereocenters. The number of hydrogen-bond acceptors (Lipinski definition) is 3. The molecular formula is C20H31NO3. The Morgan fingerprint density at radius 1 is 1.00 bits per heavy atom. The van der Waals surface area contributed by atoms with Crippen LogP contribution in [0.2, 0.25) is 0 Å². The lowest BCUT2D eigenvalue weighted by atomic mass is 9.84. The number of hydrogen-bond donors (Lipinski definition) is 0. The minimum atomic E-state index is 0.0818. The minimum Gasteiger partial charge on any atom is -0.385 e. The molecule has 4 nitrogen and oxygen atoms in total. The summed E-state index contributed by atoms with van der Waals surface area (Å²) in [5.41, 5.74) is 2.15. The molecule has 1 fully saturated rings. The maximum Gasteiger partial charge on any atom is 0.253 e. The number of nitrogens with zero attached hydrogens (tertiary/aromatic N) is 1. The Hall–Kier alpha value is -1.39. The van der Waals surface area contributed by atoms with Crippen LogP contribution in [0.4, 0.5) is 0 Å². The molecule has 0 atom stereocenters. The van der Waals surface area contributed by atoms with Gasteiger partial charge in [-0.3, -0.25) is 4.79 Å². The van der Waals surface area contributed by atoms with E-state index in [2.05, 4.69) is 12.1 Å². The van der Waals surface area contributed by atoms with E-state index in [1.165, 1.54) is 37.7 Å². The van der Waals surface area contributed by atoms with Crippen molar-refractivity contribution in [2.24, 2.45) is 0 Å². The first kappa shape index (κ1) is 18.9. The van der Waals surface area contributed by atoms with E-state index in [0.717, 1.165) is 12.0 Å². The zero-order valence-electron chi connectivity index (χ0n) is 15.1. The Bertz CT molecular complexity index is 480. The van der Waals surface area contributed by atoms with Crippen LogP contribution in [0.3, 0.4) is 0 Å². The summed E-state index contributed by atoms with van der Waals surface area (Å²) in [4.78, 5) is 14.6. The van der Waals surface area contributed by atoms with Crippen LogP contribution < -0.4 is 0 Å². The van der Waals surface area contributed by atoms with Crippen LogP contribution in [0.25, 0.3) is 0 Å². The van der Waals surface area contributed by atoms with Crippen molar-refractivity contribution < 1.29 is 14.3 Å². The van der Waals surface area contributed by atoms with Crippen molar-refractivity contribution in [3.8, 4) is 0 Å². The monoisotopic (exact) mass is 333 g/mol. The maximum atomic E-state index is 12.8. The van der Waals surface area contributed by atoms with Gasteiger partial charge in [-0.2, -0.15) is 0 Å². The van der Waals surface area contributed by atoms with Gasteiger partial charge >= 0.3 is 0 Å². The summed E-state index contributed by atoms with van der Waals surface area (Å²) < 4.78 is 10.2. The lowest BCUT2D eigenvalue weighted by Gasteiger charge is -2.24. The summed E-state index contributed by atoms with van der Waals surface area (Å²) in [6, 6.07) is 8.27. The lowest BCUT2D eigenvalue weighted by Crippen LogP contribution is -2.35. The van der Waals surface area contributed by atoms with E-state index in [9.17, 15) is 4.79 Å². The fraction of sp³-hybridized carbons (Fsp3) is 0.650. The molecule has 24 heavy (non-hydrogen) atoms. The molecule has 4 heteroatoms. The van der Waals surface area contributed by atoms with Crippen molar-refractivity contribution in [1.82, 2.24) is 4.90 Å². The zero-order valence-corrected chi connectivity index (χ0v) is 15.1. The molecule has 134 valence electrons. The lowest BCUT2D eigenvalue weighted by molar-refractivity contribution is 0.0674. The SMILES string of the molecule is COCCCN(CCOC)C(=O)c1ccc(C2CCCCC2)cc1. The normalized spacial score (nSPS) is 15.4. The molecule has 1 aromatic rings. The molecule has 0 bridgehead atoms. The fourth-order valence-electron chi connectivity index (χ4n) is 3.43. The molecule has 0 aliphatic heterocycles. The van der Waals surface area contributed by atoms with Crippen LogP contribution in [0.5, 0.6) is 0 Å². The Kier molecular flexibility index (Phi) is 8.26. The smallest absolute Gasteiger partial charge is 0.253 e. The zero-order chi connectivity index (χ0) is 17.2. The molecule has 2 rings (SSSR count). The van der Waals surface area contributed by atoms with Crippen molar-refractivity contribution in [1.29, 1.82) is 0 Å². The van der Waals surface area contributed by atoms with Crippen LogP contribution >= 0.6 is 0 Å². The van der Waals surface area contributed by atoms with Crippen molar-refractivity contribution in [3.63, 3.8) is 0 Å². The Morgan fingerprint density at radius 3 is 2.29 bits per heavy atom. The average Bonchev–Trinajstić information content (AvgIpc) is 2.65. The summed E-state index contributed by atoms with van der Waals surface area (Å²) in [6.45, 7) is 2.53. The van der Waals surface area contributed by atoms with E-state index >= 15 is 0 Å². The van der Waals surface area contributed by atoms with Crippen molar-refractivity contribution in [2.45, 2.75) is 44.4 Å². The standard InChI is InChI=1S/C20H31NO3/c1-23-15-6-13-21(14-16-24-2)20(22)19-11-9-18(10-12-19)17-7-4-3-5-8-17/h9-12,17H,3-8,13-16H2,1-2H3. The molecule has 1 aromatic carbocycles. The van der Waals surface area contributed by atoms with Gasteiger partial charge in [0.15, 0.2) is 0 Å². The van der Waals surface area contributed by atoms with Gasteiger partial charge in [0.05, 0.1) is 6.61 Å². The van der Waals surface area contributed by atoms with E-state index in [0.29, 0.717) is 32.2 Å². The molecule has 0 spiro atoms. The summed E-state index contributed by atoms with van der Waals surface area (Å²) in [7, 11) is 3.35. The average molecular weight is 333 g/mol. The number of ether oxygens (including phenoxy) is 2. The highest BCUT2D eigenvalue weighted by molar-refractivity contribution is 5.94. The Morgan fingerprint density at radius 2 is 1.67 bits per heavy atom. The molecule has 1 amide bonds. The minimum absolute atomic E-state index is 0.0818. The third kappa shape index (κ3) is 5.60. The first-order chi connectivity index (χ1) is 11.8. The fourth-order valence-corrected chi connectivity index (χ4v) is 3.43. The third-order valence-corrected chi connectivity index (χ3v) is 4.86. The topological polar surface area (TPSA) is 38.8 Å². The molecule has 1 aliphatic carbocycles. The number of rotatable bonds is 9. The van der Waals surface area contributed by atoms with Crippen LogP contribution in [0.1, 0.15) is 60.4 Å².